The fourth-order valence-electron chi connectivity index (χ4n) is 3.05. The number of aromatic nitrogens is 3. The largest absolute Gasteiger partial charge is 0.337 e. The summed E-state index contributed by atoms with van der Waals surface area (Å²) in [7, 11) is 1.82. The van der Waals surface area contributed by atoms with Crippen molar-refractivity contribution < 1.29 is 9.18 Å². The Morgan fingerprint density at radius 1 is 1.29 bits per heavy atom. The lowest BCUT2D eigenvalue weighted by Crippen LogP contribution is -2.45. The van der Waals surface area contributed by atoms with E-state index in [1.54, 1.807) is 23.2 Å². The standard InChI is InChI=1S/C17H22FN5O/c1-3-22-10-8-14(9-11-22)21(2)17(24)16-12-23(20-19-16)15-6-4-13(18)5-7-15/h4-7,12,14H,3,8-11H2,1-2H3. The second kappa shape index (κ2) is 7.09. The second-order valence-electron chi connectivity index (χ2n) is 6.11. The summed E-state index contributed by atoms with van der Waals surface area (Å²) in [6.07, 6.45) is 3.54. The zero-order valence-corrected chi connectivity index (χ0v) is 14.0. The molecule has 6 nitrogen and oxygen atoms in total. The van der Waals surface area contributed by atoms with E-state index < -0.39 is 0 Å². The van der Waals surface area contributed by atoms with Crippen LogP contribution in [0.5, 0.6) is 0 Å². The van der Waals surface area contributed by atoms with E-state index in [0.717, 1.165) is 32.5 Å². The molecule has 2 aromatic rings. The summed E-state index contributed by atoms with van der Waals surface area (Å²) in [5.41, 5.74) is 0.974. The molecule has 24 heavy (non-hydrogen) atoms. The lowest BCUT2D eigenvalue weighted by atomic mass is 10.0. The molecule has 1 aromatic heterocycles. The molecule has 1 fully saturated rings. The molecular weight excluding hydrogens is 309 g/mol. The molecule has 1 aliphatic rings. The van der Waals surface area contributed by atoms with Gasteiger partial charge in [-0.05, 0) is 43.7 Å². The number of carbonyl (C=O) groups is 1. The van der Waals surface area contributed by atoms with Gasteiger partial charge in [-0.15, -0.1) is 5.10 Å². The van der Waals surface area contributed by atoms with Gasteiger partial charge in [-0.25, -0.2) is 9.07 Å². The van der Waals surface area contributed by atoms with Crippen LogP contribution in [0.25, 0.3) is 5.69 Å². The van der Waals surface area contributed by atoms with Crippen molar-refractivity contribution in [2.45, 2.75) is 25.8 Å². The fourth-order valence-corrected chi connectivity index (χ4v) is 3.05. The van der Waals surface area contributed by atoms with Crippen molar-refractivity contribution in [1.82, 2.24) is 24.8 Å². The summed E-state index contributed by atoms with van der Waals surface area (Å²) >= 11 is 0. The highest BCUT2D eigenvalue weighted by Gasteiger charge is 2.26. The van der Waals surface area contributed by atoms with Gasteiger partial charge >= 0.3 is 0 Å². The Bertz CT molecular complexity index is 691. The average molecular weight is 331 g/mol. The van der Waals surface area contributed by atoms with Gasteiger partial charge in [0.1, 0.15) is 5.82 Å². The molecule has 1 aromatic carbocycles. The third-order valence-corrected chi connectivity index (χ3v) is 4.68. The van der Waals surface area contributed by atoms with Crippen LogP contribution in [0.4, 0.5) is 4.39 Å². The van der Waals surface area contributed by atoms with Crippen LogP contribution >= 0.6 is 0 Å². The summed E-state index contributed by atoms with van der Waals surface area (Å²) < 4.78 is 14.5. The number of piperidine rings is 1. The third-order valence-electron chi connectivity index (χ3n) is 4.68. The molecule has 0 aliphatic carbocycles. The molecule has 0 unspecified atom stereocenters. The fraction of sp³-hybridized carbons (Fsp3) is 0.471. The predicted octanol–water partition coefficient (Wildman–Crippen LogP) is 1.96. The molecule has 1 aliphatic heterocycles. The Labute approximate surface area is 140 Å². The van der Waals surface area contributed by atoms with E-state index >= 15 is 0 Å². The van der Waals surface area contributed by atoms with Gasteiger partial charge in [-0.2, -0.15) is 0 Å². The quantitative estimate of drug-likeness (QED) is 0.859. The first kappa shape index (κ1) is 16.6. The average Bonchev–Trinajstić information content (AvgIpc) is 3.11. The Morgan fingerprint density at radius 2 is 1.96 bits per heavy atom. The van der Waals surface area contributed by atoms with Gasteiger partial charge in [0.05, 0.1) is 11.9 Å². The number of benzene rings is 1. The van der Waals surface area contributed by atoms with E-state index in [2.05, 4.69) is 22.1 Å². The highest BCUT2D eigenvalue weighted by Crippen LogP contribution is 2.17. The molecule has 0 N–H and O–H groups in total. The van der Waals surface area contributed by atoms with E-state index in [9.17, 15) is 9.18 Å². The van der Waals surface area contributed by atoms with Crippen molar-refractivity contribution >= 4 is 5.91 Å². The van der Waals surface area contributed by atoms with E-state index in [-0.39, 0.29) is 17.8 Å². The molecule has 1 saturated heterocycles. The maximum Gasteiger partial charge on any atom is 0.276 e. The van der Waals surface area contributed by atoms with E-state index in [4.69, 9.17) is 0 Å². The van der Waals surface area contributed by atoms with Crippen molar-refractivity contribution in [2.75, 3.05) is 26.7 Å². The number of likely N-dealkylation sites (tertiary alicyclic amines) is 1. The number of nitrogens with zero attached hydrogens (tertiary/aromatic N) is 5. The molecule has 3 rings (SSSR count). The highest BCUT2D eigenvalue weighted by atomic mass is 19.1. The minimum absolute atomic E-state index is 0.127. The molecule has 128 valence electrons. The minimum atomic E-state index is -0.312. The van der Waals surface area contributed by atoms with Gasteiger partial charge < -0.3 is 9.80 Å². The topological polar surface area (TPSA) is 54.3 Å². The summed E-state index contributed by atoms with van der Waals surface area (Å²) in [5.74, 6) is -0.438. The first-order chi connectivity index (χ1) is 11.6. The van der Waals surface area contributed by atoms with Crippen LogP contribution in [0.3, 0.4) is 0 Å². The molecule has 0 spiro atoms. The lowest BCUT2D eigenvalue weighted by Gasteiger charge is -2.35. The lowest BCUT2D eigenvalue weighted by molar-refractivity contribution is 0.0641. The zero-order valence-electron chi connectivity index (χ0n) is 14.0. The van der Waals surface area contributed by atoms with Crippen LogP contribution in [0.2, 0.25) is 0 Å². The van der Waals surface area contributed by atoms with Crippen LogP contribution in [0.1, 0.15) is 30.3 Å². The zero-order chi connectivity index (χ0) is 17.1. The van der Waals surface area contributed by atoms with Gasteiger partial charge in [0.25, 0.3) is 5.91 Å². The van der Waals surface area contributed by atoms with Crippen LogP contribution in [0, 0.1) is 5.82 Å². The van der Waals surface area contributed by atoms with Crippen molar-refractivity contribution in [3.05, 3.63) is 42.0 Å². The Balaban J connectivity index is 1.68. The van der Waals surface area contributed by atoms with Gasteiger partial charge in [0.2, 0.25) is 0 Å². The smallest absolute Gasteiger partial charge is 0.276 e. The molecule has 0 saturated carbocycles. The molecule has 1 amide bonds. The first-order valence-corrected chi connectivity index (χ1v) is 8.26. The molecule has 0 atom stereocenters. The minimum Gasteiger partial charge on any atom is -0.337 e. The first-order valence-electron chi connectivity index (χ1n) is 8.26. The van der Waals surface area contributed by atoms with Gasteiger partial charge in [0, 0.05) is 26.2 Å². The summed E-state index contributed by atoms with van der Waals surface area (Å²) in [4.78, 5) is 16.8. The summed E-state index contributed by atoms with van der Waals surface area (Å²) in [5, 5.41) is 7.96. The number of amides is 1. The van der Waals surface area contributed by atoms with E-state index in [1.165, 1.54) is 16.8 Å². The maximum absolute atomic E-state index is 13.0. The van der Waals surface area contributed by atoms with Gasteiger partial charge in [0.15, 0.2) is 5.69 Å². The van der Waals surface area contributed by atoms with E-state index in [0.29, 0.717) is 11.4 Å². The maximum atomic E-state index is 13.0. The SMILES string of the molecule is CCN1CCC(N(C)C(=O)c2cn(-c3ccc(F)cc3)nn2)CC1. The second-order valence-corrected chi connectivity index (χ2v) is 6.11. The number of rotatable bonds is 4. The molecule has 0 radical (unpaired) electrons. The predicted molar refractivity (Wildman–Crippen MR) is 88.5 cm³/mol. The Kier molecular flexibility index (Phi) is 4.89. The van der Waals surface area contributed by atoms with Crippen molar-refractivity contribution in [3.8, 4) is 5.69 Å². The number of halogens is 1. The monoisotopic (exact) mass is 331 g/mol. The summed E-state index contributed by atoms with van der Waals surface area (Å²) in [6, 6.07) is 6.14. The number of hydrogen-bond donors (Lipinski definition) is 0. The molecular formula is C17H22FN5O. The Hall–Kier alpha value is -2.28. The molecule has 2 heterocycles. The van der Waals surface area contributed by atoms with Gasteiger partial charge in [-0.3, -0.25) is 4.79 Å². The van der Waals surface area contributed by atoms with Crippen molar-refractivity contribution in [3.63, 3.8) is 0 Å². The normalized spacial score (nSPS) is 16.3. The third kappa shape index (κ3) is 3.46. The highest BCUT2D eigenvalue weighted by molar-refractivity contribution is 5.92. The molecule has 0 bridgehead atoms. The van der Waals surface area contributed by atoms with Crippen molar-refractivity contribution in [2.24, 2.45) is 0 Å². The van der Waals surface area contributed by atoms with Crippen LogP contribution < -0.4 is 0 Å². The van der Waals surface area contributed by atoms with Crippen LogP contribution in [-0.2, 0) is 0 Å². The van der Waals surface area contributed by atoms with Gasteiger partial charge in [-0.1, -0.05) is 12.1 Å². The van der Waals surface area contributed by atoms with Crippen molar-refractivity contribution in [1.29, 1.82) is 0 Å². The van der Waals surface area contributed by atoms with Crippen LogP contribution in [0.15, 0.2) is 30.5 Å². The number of hydrogen-bond acceptors (Lipinski definition) is 4. The number of carbonyl (C=O) groups excluding carboxylic acids is 1. The van der Waals surface area contributed by atoms with E-state index in [1.807, 2.05) is 7.05 Å². The summed E-state index contributed by atoms with van der Waals surface area (Å²) in [6.45, 7) is 5.24. The molecule has 7 heteroatoms. The Morgan fingerprint density at radius 3 is 2.58 bits per heavy atom. The van der Waals surface area contributed by atoms with Crippen LogP contribution in [-0.4, -0.2) is 63.4 Å².